The highest BCUT2D eigenvalue weighted by Crippen LogP contribution is 2.42. The van der Waals surface area contributed by atoms with E-state index in [2.05, 4.69) is 20.8 Å². The van der Waals surface area contributed by atoms with Gasteiger partial charge in [0.15, 0.2) is 11.5 Å². The summed E-state index contributed by atoms with van der Waals surface area (Å²) in [6, 6.07) is 14.3. The molecule has 0 bridgehead atoms. The van der Waals surface area contributed by atoms with Crippen molar-refractivity contribution in [2.75, 3.05) is 12.0 Å². The number of hydrogen-bond donors (Lipinski definition) is 1. The minimum Gasteiger partial charge on any atom is -0.503 e. The highest BCUT2D eigenvalue weighted by atomic mass is 16.5. The van der Waals surface area contributed by atoms with Gasteiger partial charge in [-0.05, 0) is 46.7 Å². The molecule has 3 rings (SSSR count). The molecule has 1 amide bonds. The smallest absolute Gasteiger partial charge is 0.294 e. The van der Waals surface area contributed by atoms with E-state index >= 15 is 0 Å². The first kappa shape index (κ1) is 22.6. The van der Waals surface area contributed by atoms with Crippen LogP contribution in [0.25, 0.3) is 0 Å². The SMILES string of the molecule is COc1ccc(N2C(=O)C(O)=C(C(=O)CC(C)C)C2c2ccc(C(C)(C)C)cc2)cc1. The first-order valence-electron chi connectivity index (χ1n) is 10.6. The molecule has 1 aliphatic rings. The summed E-state index contributed by atoms with van der Waals surface area (Å²) in [6.07, 6.45) is 0.264. The van der Waals surface area contributed by atoms with E-state index < -0.39 is 17.7 Å². The van der Waals surface area contributed by atoms with E-state index in [-0.39, 0.29) is 29.1 Å². The van der Waals surface area contributed by atoms with Crippen LogP contribution in [0, 0.1) is 5.92 Å². The van der Waals surface area contributed by atoms with Gasteiger partial charge in [-0.2, -0.15) is 0 Å². The van der Waals surface area contributed by atoms with E-state index in [1.807, 2.05) is 38.1 Å². The van der Waals surface area contributed by atoms with E-state index in [1.165, 1.54) is 4.90 Å². The highest BCUT2D eigenvalue weighted by Gasteiger charge is 2.44. The summed E-state index contributed by atoms with van der Waals surface area (Å²) in [4.78, 5) is 27.7. The van der Waals surface area contributed by atoms with Crippen LogP contribution < -0.4 is 9.64 Å². The van der Waals surface area contributed by atoms with Crippen LogP contribution in [0.15, 0.2) is 59.9 Å². The summed E-state index contributed by atoms with van der Waals surface area (Å²) < 4.78 is 5.22. The topological polar surface area (TPSA) is 66.8 Å². The molecule has 0 aliphatic carbocycles. The molecular formula is C26H31NO4. The average molecular weight is 422 g/mol. The summed E-state index contributed by atoms with van der Waals surface area (Å²) >= 11 is 0. The number of methoxy groups -OCH3 is 1. The van der Waals surface area contributed by atoms with Crippen LogP contribution in [0.1, 0.15) is 58.2 Å². The van der Waals surface area contributed by atoms with Crippen LogP contribution in [0.2, 0.25) is 0 Å². The standard InChI is InChI=1S/C26H31NO4/c1-16(2)15-21(28)22-23(17-7-9-18(10-8-17)26(3,4)5)27(25(30)24(22)29)19-11-13-20(31-6)14-12-19/h7-14,16,23,29H,15H2,1-6H3. The van der Waals surface area contributed by atoms with Crippen LogP contribution in [0.4, 0.5) is 5.69 Å². The molecule has 0 aromatic heterocycles. The van der Waals surface area contributed by atoms with Crippen molar-refractivity contribution in [2.24, 2.45) is 5.92 Å². The summed E-state index contributed by atoms with van der Waals surface area (Å²) in [5.41, 5.74) is 2.68. The Morgan fingerprint density at radius 3 is 2.13 bits per heavy atom. The number of ether oxygens (including phenoxy) is 1. The molecule has 0 spiro atoms. The second-order valence-electron chi connectivity index (χ2n) is 9.43. The lowest BCUT2D eigenvalue weighted by Gasteiger charge is -2.28. The Morgan fingerprint density at radius 2 is 1.65 bits per heavy atom. The number of ketones is 1. The Morgan fingerprint density at radius 1 is 1.06 bits per heavy atom. The summed E-state index contributed by atoms with van der Waals surface area (Å²) in [5.74, 6) is -0.466. The van der Waals surface area contributed by atoms with Crippen molar-refractivity contribution in [1.29, 1.82) is 0 Å². The van der Waals surface area contributed by atoms with Gasteiger partial charge in [0, 0.05) is 12.1 Å². The number of anilines is 1. The summed E-state index contributed by atoms with van der Waals surface area (Å²) in [5, 5.41) is 10.7. The number of benzene rings is 2. The van der Waals surface area contributed by atoms with Gasteiger partial charge < -0.3 is 9.84 Å². The number of rotatable bonds is 6. The van der Waals surface area contributed by atoms with E-state index in [0.29, 0.717) is 11.4 Å². The average Bonchev–Trinajstić information content (AvgIpc) is 2.98. The van der Waals surface area contributed by atoms with Crippen molar-refractivity contribution in [2.45, 2.75) is 52.5 Å². The van der Waals surface area contributed by atoms with Crippen LogP contribution in [-0.2, 0) is 15.0 Å². The molecule has 5 heteroatoms. The number of Topliss-reactive ketones (excluding diaryl/α,β-unsaturated/α-hetero) is 1. The normalized spacial score (nSPS) is 16.9. The number of carbonyl (C=O) groups excluding carboxylic acids is 2. The van der Waals surface area contributed by atoms with E-state index in [4.69, 9.17) is 4.74 Å². The Kier molecular flexibility index (Phi) is 6.25. The molecule has 0 saturated carbocycles. The van der Waals surface area contributed by atoms with Crippen molar-refractivity contribution in [3.8, 4) is 5.75 Å². The Balaban J connectivity index is 2.11. The molecular weight excluding hydrogens is 390 g/mol. The number of carbonyl (C=O) groups is 2. The van der Waals surface area contributed by atoms with Gasteiger partial charge >= 0.3 is 0 Å². The lowest BCUT2D eigenvalue weighted by atomic mass is 9.85. The van der Waals surface area contributed by atoms with Gasteiger partial charge in [0.2, 0.25) is 0 Å². The van der Waals surface area contributed by atoms with Gasteiger partial charge in [0.05, 0.1) is 18.7 Å². The molecule has 31 heavy (non-hydrogen) atoms. The van der Waals surface area contributed by atoms with Gasteiger partial charge in [0.25, 0.3) is 5.91 Å². The fourth-order valence-corrected chi connectivity index (χ4v) is 3.86. The lowest BCUT2D eigenvalue weighted by molar-refractivity contribution is -0.118. The number of aliphatic hydroxyl groups excluding tert-OH is 1. The minimum atomic E-state index is -0.679. The van der Waals surface area contributed by atoms with Gasteiger partial charge in [-0.15, -0.1) is 0 Å². The predicted octanol–water partition coefficient (Wildman–Crippen LogP) is 5.51. The van der Waals surface area contributed by atoms with E-state index in [1.54, 1.807) is 31.4 Å². The fraction of sp³-hybridized carbons (Fsp3) is 0.385. The molecule has 1 unspecified atom stereocenters. The van der Waals surface area contributed by atoms with Crippen LogP contribution >= 0.6 is 0 Å². The number of amides is 1. The maximum atomic E-state index is 13.1. The Bertz CT molecular complexity index is 995. The zero-order valence-corrected chi connectivity index (χ0v) is 19.1. The van der Waals surface area contributed by atoms with Crippen molar-refractivity contribution >= 4 is 17.4 Å². The Hall–Kier alpha value is -3.08. The van der Waals surface area contributed by atoms with Crippen molar-refractivity contribution in [1.82, 2.24) is 0 Å². The fourth-order valence-electron chi connectivity index (χ4n) is 3.86. The van der Waals surface area contributed by atoms with Crippen molar-refractivity contribution in [3.05, 3.63) is 71.0 Å². The number of aliphatic hydroxyl groups is 1. The zero-order chi connectivity index (χ0) is 22.9. The molecule has 1 aliphatic heterocycles. The molecule has 164 valence electrons. The van der Waals surface area contributed by atoms with Crippen molar-refractivity contribution < 1.29 is 19.4 Å². The number of nitrogens with zero attached hydrogens (tertiary/aromatic N) is 1. The molecule has 1 atom stereocenters. The monoisotopic (exact) mass is 421 g/mol. The molecule has 0 saturated heterocycles. The molecule has 1 heterocycles. The second-order valence-corrected chi connectivity index (χ2v) is 9.43. The number of hydrogen-bond acceptors (Lipinski definition) is 4. The second kappa shape index (κ2) is 8.58. The Labute approximate surface area is 184 Å². The lowest BCUT2D eigenvalue weighted by Crippen LogP contribution is -2.31. The largest absolute Gasteiger partial charge is 0.503 e. The third-order valence-electron chi connectivity index (χ3n) is 5.55. The first-order chi connectivity index (χ1) is 14.5. The minimum absolute atomic E-state index is 0.0199. The third kappa shape index (κ3) is 4.50. The quantitative estimate of drug-likeness (QED) is 0.668. The van der Waals surface area contributed by atoms with Gasteiger partial charge in [0.1, 0.15) is 5.75 Å². The van der Waals surface area contributed by atoms with E-state index in [0.717, 1.165) is 11.1 Å². The first-order valence-corrected chi connectivity index (χ1v) is 10.6. The molecule has 0 fully saturated rings. The maximum absolute atomic E-state index is 13.1. The highest BCUT2D eigenvalue weighted by molar-refractivity contribution is 6.16. The zero-order valence-electron chi connectivity index (χ0n) is 19.1. The molecule has 0 radical (unpaired) electrons. The predicted molar refractivity (Wildman–Crippen MR) is 122 cm³/mol. The van der Waals surface area contributed by atoms with Gasteiger partial charge in [-0.3, -0.25) is 14.5 Å². The van der Waals surface area contributed by atoms with Gasteiger partial charge in [-0.25, -0.2) is 0 Å². The van der Waals surface area contributed by atoms with Crippen molar-refractivity contribution in [3.63, 3.8) is 0 Å². The van der Waals surface area contributed by atoms with Gasteiger partial charge in [-0.1, -0.05) is 58.9 Å². The maximum Gasteiger partial charge on any atom is 0.294 e. The molecule has 5 nitrogen and oxygen atoms in total. The summed E-state index contributed by atoms with van der Waals surface area (Å²) in [7, 11) is 1.58. The van der Waals surface area contributed by atoms with Crippen LogP contribution in [0.3, 0.4) is 0 Å². The van der Waals surface area contributed by atoms with E-state index in [9.17, 15) is 14.7 Å². The molecule has 2 aromatic rings. The third-order valence-corrected chi connectivity index (χ3v) is 5.55. The molecule has 1 N–H and O–H groups in total. The van der Waals surface area contributed by atoms with Crippen LogP contribution in [-0.4, -0.2) is 23.9 Å². The van der Waals surface area contributed by atoms with Crippen LogP contribution in [0.5, 0.6) is 5.75 Å². The summed E-state index contributed by atoms with van der Waals surface area (Å²) in [6.45, 7) is 10.3. The molecule has 2 aromatic carbocycles.